The highest BCUT2D eigenvalue weighted by Gasteiger charge is 2.45. The molecule has 9 nitrogen and oxygen atoms in total. The summed E-state index contributed by atoms with van der Waals surface area (Å²) in [6, 6.07) is 12.0. The molecule has 4 aliphatic heterocycles. The van der Waals surface area contributed by atoms with Crippen molar-refractivity contribution in [1.29, 1.82) is 0 Å². The van der Waals surface area contributed by atoms with Gasteiger partial charge in [0.25, 0.3) is 11.8 Å². The largest absolute Gasteiger partial charge is 0.372 e. The van der Waals surface area contributed by atoms with Gasteiger partial charge in [0.1, 0.15) is 11.9 Å². The number of amides is 4. The molecule has 0 spiro atoms. The number of rotatable bonds is 5. The zero-order chi connectivity index (χ0) is 27.1. The Balaban J connectivity index is 1.06. The normalized spacial score (nSPS) is 22.9. The fourth-order valence-corrected chi connectivity index (χ4v) is 6.27. The predicted molar refractivity (Wildman–Crippen MR) is 143 cm³/mol. The Morgan fingerprint density at radius 3 is 2.13 bits per heavy atom. The van der Waals surface area contributed by atoms with Gasteiger partial charge in [-0.1, -0.05) is 18.2 Å². The van der Waals surface area contributed by atoms with Crippen LogP contribution in [0.15, 0.2) is 42.5 Å². The molecule has 0 saturated carbocycles. The number of hydrogen-bond acceptors (Lipinski definition) is 7. The van der Waals surface area contributed by atoms with Gasteiger partial charge in [0, 0.05) is 57.9 Å². The number of hydrogen-bond donors (Lipinski definition) is 1. The van der Waals surface area contributed by atoms with Crippen LogP contribution in [0.1, 0.15) is 46.4 Å². The van der Waals surface area contributed by atoms with Gasteiger partial charge < -0.3 is 9.80 Å². The number of carbonyl (C=O) groups excluding carboxylic acids is 4. The van der Waals surface area contributed by atoms with Gasteiger partial charge in [-0.3, -0.25) is 34.3 Å². The smallest absolute Gasteiger partial charge is 0.262 e. The molecule has 1 unspecified atom stereocenters. The van der Waals surface area contributed by atoms with Crippen LogP contribution in [0.2, 0.25) is 0 Å². The van der Waals surface area contributed by atoms with Crippen molar-refractivity contribution in [1.82, 2.24) is 15.1 Å². The Morgan fingerprint density at radius 2 is 1.46 bits per heavy atom. The molecule has 204 valence electrons. The number of imide groups is 2. The number of fused-ring (bicyclic) bond motifs is 1. The molecule has 1 N–H and O–H groups in total. The highest BCUT2D eigenvalue weighted by atomic mass is 19.1. The van der Waals surface area contributed by atoms with E-state index in [1.54, 1.807) is 0 Å². The van der Waals surface area contributed by atoms with E-state index in [2.05, 4.69) is 39.4 Å². The molecule has 39 heavy (non-hydrogen) atoms. The molecule has 1 atom stereocenters. The third-order valence-corrected chi connectivity index (χ3v) is 8.47. The SMILES string of the molecule is O=C1CCC(N2C(=O)c3cc(F)c(N4CCN(CC5CCN(c6ccccc6)CC5)CC4)cc3C2=O)C(=O)N1. The summed E-state index contributed by atoms with van der Waals surface area (Å²) in [4.78, 5) is 57.6. The van der Waals surface area contributed by atoms with E-state index >= 15 is 4.39 Å². The number of piperazine rings is 1. The number of para-hydroxylation sites is 1. The summed E-state index contributed by atoms with van der Waals surface area (Å²) >= 11 is 0. The minimum atomic E-state index is -1.07. The van der Waals surface area contributed by atoms with Crippen molar-refractivity contribution in [3.05, 3.63) is 59.4 Å². The third-order valence-electron chi connectivity index (χ3n) is 8.47. The van der Waals surface area contributed by atoms with Crippen LogP contribution in [-0.4, -0.2) is 85.3 Å². The van der Waals surface area contributed by atoms with Gasteiger partial charge in [0.05, 0.1) is 16.8 Å². The van der Waals surface area contributed by atoms with Crippen molar-refractivity contribution < 1.29 is 23.6 Å². The van der Waals surface area contributed by atoms with E-state index in [4.69, 9.17) is 0 Å². The molecule has 10 heteroatoms. The topological polar surface area (TPSA) is 93.3 Å². The summed E-state index contributed by atoms with van der Waals surface area (Å²) in [5.74, 6) is -2.34. The van der Waals surface area contributed by atoms with Gasteiger partial charge in [0.2, 0.25) is 11.8 Å². The van der Waals surface area contributed by atoms with Gasteiger partial charge in [-0.25, -0.2) is 4.39 Å². The summed E-state index contributed by atoms with van der Waals surface area (Å²) in [6.45, 7) is 5.97. The van der Waals surface area contributed by atoms with E-state index in [-0.39, 0.29) is 24.0 Å². The number of piperidine rings is 2. The molecule has 4 aliphatic rings. The molecule has 0 aromatic heterocycles. The van der Waals surface area contributed by atoms with Crippen LogP contribution in [0.25, 0.3) is 0 Å². The van der Waals surface area contributed by atoms with Gasteiger partial charge in [-0.2, -0.15) is 0 Å². The van der Waals surface area contributed by atoms with Crippen molar-refractivity contribution in [2.24, 2.45) is 5.92 Å². The molecule has 0 bridgehead atoms. The number of carbonyl (C=O) groups is 4. The second kappa shape index (κ2) is 10.4. The van der Waals surface area contributed by atoms with Crippen LogP contribution in [0.4, 0.5) is 15.8 Å². The van der Waals surface area contributed by atoms with Crippen LogP contribution in [0.5, 0.6) is 0 Å². The van der Waals surface area contributed by atoms with Crippen molar-refractivity contribution in [3.8, 4) is 0 Å². The predicted octanol–water partition coefficient (Wildman–Crippen LogP) is 2.27. The summed E-state index contributed by atoms with van der Waals surface area (Å²) in [7, 11) is 0. The molecule has 0 radical (unpaired) electrons. The number of nitrogens with zero attached hydrogens (tertiary/aromatic N) is 4. The lowest BCUT2D eigenvalue weighted by Gasteiger charge is -2.40. The van der Waals surface area contributed by atoms with Crippen molar-refractivity contribution >= 4 is 35.0 Å². The Morgan fingerprint density at radius 1 is 0.795 bits per heavy atom. The van der Waals surface area contributed by atoms with E-state index in [1.165, 1.54) is 11.8 Å². The summed E-state index contributed by atoms with van der Waals surface area (Å²) in [5.41, 5.74) is 1.65. The zero-order valence-electron chi connectivity index (χ0n) is 21.8. The maximum Gasteiger partial charge on any atom is 0.262 e. The monoisotopic (exact) mass is 533 g/mol. The van der Waals surface area contributed by atoms with Crippen molar-refractivity contribution in [2.75, 3.05) is 55.6 Å². The first-order chi connectivity index (χ1) is 18.9. The van der Waals surface area contributed by atoms with Crippen LogP contribution >= 0.6 is 0 Å². The molecule has 4 amide bonds. The Hall–Kier alpha value is -3.79. The fraction of sp³-hybridized carbons (Fsp3) is 0.448. The van der Waals surface area contributed by atoms with Gasteiger partial charge in [-0.05, 0) is 49.4 Å². The van der Waals surface area contributed by atoms with E-state index in [0.717, 1.165) is 56.5 Å². The molecule has 6 rings (SSSR count). The lowest BCUT2D eigenvalue weighted by atomic mass is 9.95. The second-order valence-electron chi connectivity index (χ2n) is 10.9. The van der Waals surface area contributed by atoms with Crippen LogP contribution in [0.3, 0.4) is 0 Å². The fourth-order valence-electron chi connectivity index (χ4n) is 6.27. The van der Waals surface area contributed by atoms with E-state index in [0.29, 0.717) is 24.7 Å². The maximum atomic E-state index is 15.2. The highest BCUT2D eigenvalue weighted by molar-refractivity contribution is 6.23. The van der Waals surface area contributed by atoms with Crippen LogP contribution in [0, 0.1) is 11.7 Å². The van der Waals surface area contributed by atoms with Crippen molar-refractivity contribution in [3.63, 3.8) is 0 Å². The lowest BCUT2D eigenvalue weighted by molar-refractivity contribution is -0.136. The summed E-state index contributed by atoms with van der Waals surface area (Å²) < 4.78 is 15.2. The highest BCUT2D eigenvalue weighted by Crippen LogP contribution is 2.33. The number of nitrogens with one attached hydrogen (secondary N) is 1. The van der Waals surface area contributed by atoms with E-state index in [1.807, 2.05) is 11.0 Å². The third kappa shape index (κ3) is 4.89. The van der Waals surface area contributed by atoms with E-state index in [9.17, 15) is 19.2 Å². The second-order valence-corrected chi connectivity index (χ2v) is 10.9. The molecular weight excluding hydrogens is 501 g/mol. The number of benzene rings is 2. The Kier molecular flexibility index (Phi) is 6.80. The van der Waals surface area contributed by atoms with Gasteiger partial charge in [0.15, 0.2) is 0 Å². The first kappa shape index (κ1) is 25.5. The summed E-state index contributed by atoms with van der Waals surface area (Å²) in [6.07, 6.45) is 2.40. The Bertz CT molecular complexity index is 1300. The van der Waals surface area contributed by atoms with Crippen LogP contribution in [-0.2, 0) is 9.59 Å². The molecule has 0 aliphatic carbocycles. The molecule has 4 heterocycles. The maximum absolute atomic E-state index is 15.2. The minimum Gasteiger partial charge on any atom is -0.372 e. The van der Waals surface area contributed by atoms with Gasteiger partial charge in [-0.15, -0.1) is 0 Å². The first-order valence-corrected chi connectivity index (χ1v) is 13.7. The number of anilines is 2. The molecule has 3 saturated heterocycles. The zero-order valence-corrected chi connectivity index (χ0v) is 21.8. The Labute approximate surface area is 226 Å². The number of halogens is 1. The lowest BCUT2D eigenvalue weighted by Crippen LogP contribution is -2.54. The standard InChI is InChI=1S/C29H32FN5O4/c30-23-16-21-22(29(39)35(28(21)38)24-6-7-26(36)31-27(24)37)17-25(23)34-14-12-32(13-15-34)18-19-8-10-33(11-9-19)20-4-2-1-3-5-20/h1-5,16-17,19,24H,6-15,18H2,(H,31,36,37). The summed E-state index contributed by atoms with van der Waals surface area (Å²) in [5, 5.41) is 2.18. The molecule has 3 fully saturated rings. The van der Waals surface area contributed by atoms with Crippen LogP contribution < -0.4 is 15.1 Å². The van der Waals surface area contributed by atoms with E-state index < -0.39 is 35.5 Å². The molecule has 2 aromatic carbocycles. The molecular formula is C29H32FN5O4. The van der Waals surface area contributed by atoms with Gasteiger partial charge >= 0.3 is 0 Å². The minimum absolute atomic E-state index is 0.0357. The average Bonchev–Trinajstić information content (AvgIpc) is 3.18. The first-order valence-electron chi connectivity index (χ1n) is 13.7. The molecule has 2 aromatic rings. The average molecular weight is 534 g/mol. The quantitative estimate of drug-likeness (QED) is 0.590. The van der Waals surface area contributed by atoms with Crippen molar-refractivity contribution in [2.45, 2.75) is 31.7 Å².